The third kappa shape index (κ3) is 3.87. The molecule has 0 bridgehead atoms. The minimum absolute atomic E-state index is 0.365. The number of imide groups is 1. The molecule has 2 aromatic carbocycles. The first-order valence-corrected chi connectivity index (χ1v) is 10.3. The first-order chi connectivity index (χ1) is 14.8. The van der Waals surface area contributed by atoms with Gasteiger partial charge in [0.2, 0.25) is 5.91 Å². The van der Waals surface area contributed by atoms with E-state index in [9.17, 15) is 9.59 Å². The number of ether oxygens (including phenoxy) is 2. The second-order valence-electron chi connectivity index (χ2n) is 8.38. The summed E-state index contributed by atoms with van der Waals surface area (Å²) < 4.78 is 10.8. The zero-order valence-corrected chi connectivity index (χ0v) is 18.1. The van der Waals surface area contributed by atoms with Crippen LogP contribution >= 0.6 is 0 Å². The van der Waals surface area contributed by atoms with Crippen LogP contribution in [0.3, 0.4) is 0 Å². The van der Waals surface area contributed by atoms with Crippen LogP contribution in [0.15, 0.2) is 59.8 Å². The first-order valence-electron chi connectivity index (χ1n) is 10.3. The molecule has 162 valence electrons. The van der Waals surface area contributed by atoms with Gasteiger partial charge in [-0.25, -0.2) is 9.69 Å². The summed E-state index contributed by atoms with van der Waals surface area (Å²) in [6.07, 6.45) is -0.634. The molecule has 0 saturated carbocycles. The molecule has 2 aromatic rings. The zero-order valence-electron chi connectivity index (χ0n) is 18.1. The predicted octanol–water partition coefficient (Wildman–Crippen LogP) is 3.80. The zero-order chi connectivity index (χ0) is 22.2. The largest absolute Gasteiger partial charge is 0.497 e. The van der Waals surface area contributed by atoms with Crippen molar-refractivity contribution in [3.05, 3.63) is 65.7 Å². The van der Waals surface area contributed by atoms with E-state index >= 15 is 0 Å². The number of benzene rings is 2. The van der Waals surface area contributed by atoms with Gasteiger partial charge in [0.25, 0.3) is 0 Å². The number of methoxy groups -OCH3 is 1. The van der Waals surface area contributed by atoms with Crippen molar-refractivity contribution >= 4 is 17.7 Å². The molecule has 4 rings (SSSR count). The number of hydrogen-bond donors (Lipinski definition) is 0. The van der Waals surface area contributed by atoms with Crippen molar-refractivity contribution in [2.75, 3.05) is 7.11 Å². The summed E-state index contributed by atoms with van der Waals surface area (Å²) in [5, 5.41) is 4.16. The fraction of sp³-hybridized carbons (Fsp3) is 0.375. The van der Waals surface area contributed by atoms with Crippen LogP contribution in [0.1, 0.15) is 31.9 Å². The van der Waals surface area contributed by atoms with Crippen molar-refractivity contribution in [2.45, 2.75) is 44.9 Å². The van der Waals surface area contributed by atoms with Crippen LogP contribution in [0.5, 0.6) is 5.75 Å². The summed E-state index contributed by atoms with van der Waals surface area (Å²) in [6.45, 7) is 5.44. The molecule has 1 saturated heterocycles. The summed E-state index contributed by atoms with van der Waals surface area (Å²) in [6, 6.07) is 16.6. The van der Waals surface area contributed by atoms with Crippen molar-refractivity contribution in [1.82, 2.24) is 4.90 Å². The molecule has 0 aliphatic carbocycles. The number of cyclic esters (lactones) is 1. The molecular weight excluding hydrogens is 396 g/mol. The lowest BCUT2D eigenvalue weighted by molar-refractivity contribution is -0.134. The number of rotatable bonds is 5. The SMILES string of the molecule is COc1ccc(C2=NOC(C)C2C(=O)N2C(=O)OC(C)(C)[C@@H]2Cc2ccccc2)cc1. The minimum Gasteiger partial charge on any atom is -0.497 e. The number of carbonyl (C=O) groups excluding carboxylic acids is 2. The fourth-order valence-electron chi connectivity index (χ4n) is 4.14. The van der Waals surface area contributed by atoms with E-state index in [1.54, 1.807) is 26.2 Å². The van der Waals surface area contributed by atoms with Crippen LogP contribution in [-0.2, 0) is 20.8 Å². The van der Waals surface area contributed by atoms with Gasteiger partial charge in [0.05, 0.1) is 13.2 Å². The van der Waals surface area contributed by atoms with Gasteiger partial charge < -0.3 is 14.3 Å². The molecule has 0 N–H and O–H groups in total. The Morgan fingerprint density at radius 3 is 2.45 bits per heavy atom. The molecule has 2 heterocycles. The molecule has 1 fully saturated rings. The minimum atomic E-state index is -0.817. The van der Waals surface area contributed by atoms with Crippen LogP contribution in [0.25, 0.3) is 0 Å². The highest BCUT2D eigenvalue weighted by molar-refractivity contribution is 6.16. The highest BCUT2D eigenvalue weighted by Crippen LogP contribution is 2.35. The van der Waals surface area contributed by atoms with E-state index < -0.39 is 29.8 Å². The number of nitrogens with zero attached hydrogens (tertiary/aromatic N) is 2. The van der Waals surface area contributed by atoms with Gasteiger partial charge in [0, 0.05) is 5.56 Å². The van der Waals surface area contributed by atoms with Gasteiger partial charge in [0.15, 0.2) is 0 Å². The molecular formula is C24H26N2O5. The van der Waals surface area contributed by atoms with E-state index in [-0.39, 0.29) is 5.91 Å². The maximum Gasteiger partial charge on any atom is 0.417 e. The van der Waals surface area contributed by atoms with Crippen LogP contribution in [0.4, 0.5) is 4.79 Å². The van der Waals surface area contributed by atoms with Gasteiger partial charge >= 0.3 is 6.09 Å². The molecule has 2 aliphatic heterocycles. The lowest BCUT2D eigenvalue weighted by Crippen LogP contribution is -2.50. The summed E-state index contributed by atoms with van der Waals surface area (Å²) in [4.78, 5) is 33.2. The van der Waals surface area contributed by atoms with Gasteiger partial charge in [-0.05, 0) is 57.0 Å². The normalized spacial score (nSPS) is 24.4. The number of amides is 2. The van der Waals surface area contributed by atoms with Crippen molar-refractivity contribution in [1.29, 1.82) is 0 Å². The maximum absolute atomic E-state index is 13.7. The maximum atomic E-state index is 13.7. The van der Waals surface area contributed by atoms with Crippen molar-refractivity contribution in [2.24, 2.45) is 11.1 Å². The van der Waals surface area contributed by atoms with Crippen LogP contribution in [0.2, 0.25) is 0 Å². The predicted molar refractivity (Wildman–Crippen MR) is 115 cm³/mol. The highest BCUT2D eigenvalue weighted by Gasteiger charge is 2.54. The van der Waals surface area contributed by atoms with E-state index in [1.807, 2.05) is 56.3 Å². The van der Waals surface area contributed by atoms with Gasteiger partial charge in [-0.1, -0.05) is 35.5 Å². The number of carbonyl (C=O) groups is 2. The monoisotopic (exact) mass is 422 g/mol. The van der Waals surface area contributed by atoms with Crippen molar-refractivity contribution < 1.29 is 23.9 Å². The number of hydrogen-bond acceptors (Lipinski definition) is 6. The first kappa shape index (κ1) is 20.9. The lowest BCUT2D eigenvalue weighted by atomic mass is 9.88. The van der Waals surface area contributed by atoms with E-state index in [2.05, 4.69) is 5.16 Å². The number of oxime groups is 1. The Morgan fingerprint density at radius 1 is 1.13 bits per heavy atom. The third-order valence-corrected chi connectivity index (χ3v) is 5.90. The Hall–Kier alpha value is -3.35. The van der Waals surface area contributed by atoms with Crippen molar-refractivity contribution in [3.63, 3.8) is 0 Å². The Labute approximate surface area is 181 Å². The fourth-order valence-corrected chi connectivity index (χ4v) is 4.14. The Bertz CT molecular complexity index is 1000. The molecule has 7 heteroatoms. The van der Waals surface area contributed by atoms with Gasteiger partial charge in [0.1, 0.15) is 29.1 Å². The van der Waals surface area contributed by atoms with Crippen LogP contribution < -0.4 is 4.74 Å². The topological polar surface area (TPSA) is 77.4 Å². The Balaban J connectivity index is 1.64. The third-order valence-electron chi connectivity index (χ3n) is 5.90. The molecule has 31 heavy (non-hydrogen) atoms. The summed E-state index contributed by atoms with van der Waals surface area (Å²) >= 11 is 0. The lowest BCUT2D eigenvalue weighted by Gasteiger charge is -2.29. The van der Waals surface area contributed by atoms with Crippen LogP contribution in [0, 0.1) is 5.92 Å². The average molecular weight is 422 g/mol. The summed E-state index contributed by atoms with van der Waals surface area (Å²) in [7, 11) is 1.59. The molecule has 0 radical (unpaired) electrons. The molecule has 3 atom stereocenters. The molecule has 2 amide bonds. The second kappa shape index (κ2) is 8.06. The average Bonchev–Trinajstić information content (AvgIpc) is 3.24. The van der Waals surface area contributed by atoms with Crippen molar-refractivity contribution in [3.8, 4) is 5.75 Å². The summed E-state index contributed by atoms with van der Waals surface area (Å²) in [5.41, 5.74) is 1.45. The standard InChI is InChI=1S/C24H26N2O5/c1-15-20(21(25-31-15)17-10-12-18(29-4)13-11-17)22(27)26-19(24(2,3)30-23(26)28)14-16-8-6-5-7-9-16/h5-13,15,19-20H,14H2,1-4H3/t15?,19-,20?/m0/s1. The van der Waals surface area contributed by atoms with E-state index in [0.29, 0.717) is 17.9 Å². The molecule has 2 unspecified atom stereocenters. The summed E-state index contributed by atoms with van der Waals surface area (Å²) in [5.74, 6) is -0.379. The molecule has 7 nitrogen and oxygen atoms in total. The second-order valence-corrected chi connectivity index (χ2v) is 8.38. The molecule has 2 aliphatic rings. The van der Waals surface area contributed by atoms with E-state index in [0.717, 1.165) is 11.1 Å². The quantitative estimate of drug-likeness (QED) is 0.732. The van der Waals surface area contributed by atoms with Gasteiger partial charge in [-0.3, -0.25) is 4.79 Å². The Morgan fingerprint density at radius 2 is 1.81 bits per heavy atom. The van der Waals surface area contributed by atoms with Gasteiger partial charge in [-0.2, -0.15) is 0 Å². The molecule has 0 aromatic heterocycles. The van der Waals surface area contributed by atoms with E-state index in [4.69, 9.17) is 14.3 Å². The smallest absolute Gasteiger partial charge is 0.417 e. The molecule has 0 spiro atoms. The Kier molecular flexibility index (Phi) is 5.43. The highest BCUT2D eigenvalue weighted by atomic mass is 16.6. The van der Waals surface area contributed by atoms with Gasteiger partial charge in [-0.15, -0.1) is 0 Å². The van der Waals surface area contributed by atoms with Crippen LogP contribution in [-0.4, -0.2) is 47.5 Å². The van der Waals surface area contributed by atoms with E-state index in [1.165, 1.54) is 4.90 Å².